The highest BCUT2D eigenvalue weighted by atomic mass is 79.9. The third kappa shape index (κ3) is 3.84. The van der Waals surface area contributed by atoms with Crippen LogP contribution in [-0.2, 0) is 4.79 Å². The van der Waals surface area contributed by atoms with E-state index in [1.165, 1.54) is 17.8 Å². The Bertz CT molecular complexity index is 620. The minimum Gasteiger partial charge on any atom is -0.323 e. The summed E-state index contributed by atoms with van der Waals surface area (Å²) in [4.78, 5) is 13.0. The normalized spacial score (nSPS) is 11.9. The van der Waals surface area contributed by atoms with E-state index in [0.29, 0.717) is 0 Å². The first-order valence-electron chi connectivity index (χ1n) is 6.04. The smallest absolute Gasteiger partial charge is 0.237 e. The first-order chi connectivity index (χ1) is 9.58. The van der Waals surface area contributed by atoms with Crippen molar-refractivity contribution in [3.8, 4) is 0 Å². The maximum atomic E-state index is 13.5. The van der Waals surface area contributed by atoms with Gasteiger partial charge in [-0.1, -0.05) is 24.3 Å². The van der Waals surface area contributed by atoms with E-state index >= 15 is 0 Å². The lowest BCUT2D eigenvalue weighted by Crippen LogP contribution is -2.22. The second kappa shape index (κ2) is 6.90. The third-order valence-corrected chi connectivity index (χ3v) is 4.77. The van der Waals surface area contributed by atoms with Gasteiger partial charge in [-0.15, -0.1) is 11.8 Å². The van der Waals surface area contributed by atoms with Crippen LogP contribution in [0.5, 0.6) is 0 Å². The van der Waals surface area contributed by atoms with Gasteiger partial charge < -0.3 is 5.32 Å². The molecule has 0 aliphatic rings. The number of carbonyl (C=O) groups excluding carboxylic acids is 1. The molecule has 0 unspecified atom stereocenters. The molecule has 0 heterocycles. The van der Waals surface area contributed by atoms with Crippen LogP contribution in [0.1, 0.15) is 6.92 Å². The lowest BCUT2D eigenvalue weighted by atomic mass is 10.3. The average molecular weight is 354 g/mol. The Kier molecular flexibility index (Phi) is 5.20. The van der Waals surface area contributed by atoms with Crippen molar-refractivity contribution in [2.24, 2.45) is 0 Å². The van der Waals surface area contributed by atoms with Crippen molar-refractivity contribution in [3.63, 3.8) is 0 Å². The van der Waals surface area contributed by atoms with Crippen molar-refractivity contribution in [2.75, 3.05) is 5.32 Å². The van der Waals surface area contributed by atoms with Gasteiger partial charge in [-0.25, -0.2) is 4.39 Å². The Morgan fingerprint density at radius 3 is 2.55 bits per heavy atom. The highest BCUT2D eigenvalue weighted by Crippen LogP contribution is 2.30. The van der Waals surface area contributed by atoms with Crippen molar-refractivity contribution >= 4 is 39.3 Å². The van der Waals surface area contributed by atoms with Gasteiger partial charge in [0.15, 0.2) is 0 Å². The molecule has 5 heteroatoms. The van der Waals surface area contributed by atoms with Crippen LogP contribution >= 0.6 is 27.7 Å². The molecule has 0 aliphatic carbocycles. The predicted octanol–water partition coefficient (Wildman–Crippen LogP) is 4.71. The Balaban J connectivity index is 2.03. The van der Waals surface area contributed by atoms with E-state index in [1.54, 1.807) is 25.1 Å². The molecular formula is C15H13BrFNOS. The van der Waals surface area contributed by atoms with E-state index in [9.17, 15) is 9.18 Å². The van der Waals surface area contributed by atoms with Gasteiger partial charge in [-0.2, -0.15) is 0 Å². The summed E-state index contributed by atoms with van der Waals surface area (Å²) in [5.41, 5.74) is 0.206. The molecule has 2 rings (SSSR count). The maximum absolute atomic E-state index is 13.5. The molecule has 2 nitrogen and oxygen atoms in total. The van der Waals surface area contributed by atoms with Gasteiger partial charge >= 0.3 is 0 Å². The van der Waals surface area contributed by atoms with Gasteiger partial charge in [0.05, 0.1) is 10.9 Å². The van der Waals surface area contributed by atoms with Crippen molar-refractivity contribution in [1.29, 1.82) is 0 Å². The topological polar surface area (TPSA) is 29.1 Å². The predicted molar refractivity (Wildman–Crippen MR) is 84.5 cm³/mol. The molecule has 20 heavy (non-hydrogen) atoms. The summed E-state index contributed by atoms with van der Waals surface area (Å²) in [5, 5.41) is 2.27. The van der Waals surface area contributed by atoms with Crippen LogP contribution in [0.15, 0.2) is 57.9 Å². The second-order valence-corrected chi connectivity index (χ2v) is 6.40. The molecular weight excluding hydrogens is 341 g/mol. The minimum absolute atomic E-state index is 0.206. The highest BCUT2D eigenvalue weighted by molar-refractivity contribution is 9.10. The lowest BCUT2D eigenvalue weighted by molar-refractivity contribution is -0.115. The number of halogens is 2. The molecule has 0 spiro atoms. The van der Waals surface area contributed by atoms with E-state index in [2.05, 4.69) is 21.2 Å². The maximum Gasteiger partial charge on any atom is 0.237 e. The Hall–Kier alpha value is -1.33. The molecule has 1 amide bonds. The number of hydrogen-bond donors (Lipinski definition) is 1. The van der Waals surface area contributed by atoms with Gasteiger partial charge in [-0.3, -0.25) is 4.79 Å². The fraction of sp³-hybridized carbons (Fsp3) is 0.133. The summed E-state index contributed by atoms with van der Waals surface area (Å²) in [6, 6.07) is 13.8. The van der Waals surface area contributed by atoms with Crippen LogP contribution in [0.3, 0.4) is 0 Å². The number of benzene rings is 2. The van der Waals surface area contributed by atoms with Gasteiger partial charge in [0.25, 0.3) is 0 Å². The van der Waals surface area contributed by atoms with Crippen molar-refractivity contribution in [3.05, 3.63) is 58.8 Å². The standard InChI is InChI=1S/C15H13BrFNOS/c1-10(20-14-9-5-2-6-11(14)16)15(19)18-13-8-4-3-7-12(13)17/h2-10H,1H3,(H,18,19)/t10-/m0/s1. The fourth-order valence-electron chi connectivity index (χ4n) is 1.58. The fourth-order valence-corrected chi connectivity index (χ4v) is 3.03. The summed E-state index contributed by atoms with van der Waals surface area (Å²) < 4.78 is 14.4. The van der Waals surface area contributed by atoms with Crippen LogP contribution < -0.4 is 5.32 Å². The van der Waals surface area contributed by atoms with Crippen molar-refractivity contribution in [2.45, 2.75) is 17.1 Å². The number of anilines is 1. The van der Waals surface area contributed by atoms with Crippen LogP contribution in [0, 0.1) is 5.82 Å². The molecule has 0 aliphatic heterocycles. The molecule has 0 radical (unpaired) electrons. The van der Waals surface area contributed by atoms with E-state index in [0.717, 1.165) is 9.37 Å². The number of hydrogen-bond acceptors (Lipinski definition) is 2. The molecule has 0 bridgehead atoms. The molecule has 0 saturated carbocycles. The third-order valence-electron chi connectivity index (χ3n) is 2.64. The lowest BCUT2D eigenvalue weighted by Gasteiger charge is -2.13. The average Bonchev–Trinajstić information content (AvgIpc) is 2.43. The van der Waals surface area contributed by atoms with E-state index in [1.807, 2.05) is 24.3 Å². The minimum atomic E-state index is -0.432. The zero-order chi connectivity index (χ0) is 14.5. The molecule has 2 aromatic carbocycles. The first-order valence-corrected chi connectivity index (χ1v) is 7.72. The number of rotatable bonds is 4. The molecule has 2 aromatic rings. The summed E-state index contributed by atoms with van der Waals surface area (Å²) in [7, 11) is 0. The summed E-state index contributed by atoms with van der Waals surface area (Å²) >= 11 is 4.86. The number of amides is 1. The number of para-hydroxylation sites is 1. The zero-order valence-electron chi connectivity index (χ0n) is 10.8. The number of thioether (sulfide) groups is 1. The van der Waals surface area contributed by atoms with E-state index < -0.39 is 5.82 Å². The van der Waals surface area contributed by atoms with Gasteiger partial charge in [0.2, 0.25) is 5.91 Å². The van der Waals surface area contributed by atoms with Crippen LogP contribution in [0.4, 0.5) is 10.1 Å². The SMILES string of the molecule is C[C@H](Sc1ccccc1Br)C(=O)Nc1ccccc1F. The molecule has 0 aromatic heterocycles. The van der Waals surface area contributed by atoms with Gasteiger partial charge in [0.1, 0.15) is 5.82 Å². The molecule has 1 N–H and O–H groups in total. The van der Waals surface area contributed by atoms with Crippen LogP contribution in [0.25, 0.3) is 0 Å². The Labute approximate surface area is 129 Å². The molecule has 0 fully saturated rings. The Morgan fingerprint density at radius 1 is 1.20 bits per heavy atom. The second-order valence-electron chi connectivity index (χ2n) is 4.16. The summed E-state index contributed by atoms with van der Waals surface area (Å²) in [6.45, 7) is 1.79. The van der Waals surface area contributed by atoms with Crippen molar-refractivity contribution < 1.29 is 9.18 Å². The van der Waals surface area contributed by atoms with E-state index in [4.69, 9.17) is 0 Å². The van der Waals surface area contributed by atoms with Crippen molar-refractivity contribution in [1.82, 2.24) is 0 Å². The summed E-state index contributed by atoms with van der Waals surface area (Å²) in [5.74, 6) is -0.658. The number of carbonyl (C=O) groups is 1. The number of nitrogens with one attached hydrogen (secondary N) is 1. The van der Waals surface area contributed by atoms with Gasteiger partial charge in [0, 0.05) is 9.37 Å². The monoisotopic (exact) mass is 353 g/mol. The molecule has 1 atom stereocenters. The van der Waals surface area contributed by atoms with Gasteiger partial charge in [-0.05, 0) is 47.1 Å². The summed E-state index contributed by atoms with van der Waals surface area (Å²) in [6.07, 6.45) is 0. The quantitative estimate of drug-likeness (QED) is 0.806. The largest absolute Gasteiger partial charge is 0.323 e. The molecule has 0 saturated heterocycles. The van der Waals surface area contributed by atoms with E-state index in [-0.39, 0.29) is 16.8 Å². The Morgan fingerprint density at radius 2 is 1.85 bits per heavy atom. The van der Waals surface area contributed by atoms with Crippen LogP contribution in [0.2, 0.25) is 0 Å². The van der Waals surface area contributed by atoms with Crippen LogP contribution in [-0.4, -0.2) is 11.2 Å². The molecule has 104 valence electrons. The first kappa shape index (κ1) is 15.1. The highest BCUT2D eigenvalue weighted by Gasteiger charge is 2.16. The zero-order valence-corrected chi connectivity index (χ0v) is 13.2.